The number of nitro groups is 1. The van der Waals surface area contributed by atoms with Crippen LogP contribution in [0, 0.1) is 10.1 Å². The van der Waals surface area contributed by atoms with Crippen LogP contribution in [0.1, 0.15) is 63.6 Å². The standard InChI is InChI=1S/C34H37N3O3/c1-22(16-19-31-32(2,3)26-12-8-10-14-28(26)35(31)6)25-21-34(40-30-18-17-23(37(38)39)20-24(25)30)33(4,5)27-13-9-11-15-29(27)36(34)7/h8-20,25H,21H2,1-7H3/b22-16+,31-19+. The fraction of sp³-hybridized carbons (Fsp3) is 0.353. The summed E-state index contributed by atoms with van der Waals surface area (Å²) in [6, 6.07) is 22.1. The Hall–Kier alpha value is -4.06. The highest BCUT2D eigenvalue weighted by molar-refractivity contribution is 5.70. The molecule has 6 rings (SSSR count). The zero-order valence-electron chi connectivity index (χ0n) is 24.4. The van der Waals surface area contributed by atoms with Crippen LogP contribution >= 0.6 is 0 Å². The van der Waals surface area contributed by atoms with Crippen LogP contribution in [0.25, 0.3) is 0 Å². The molecular weight excluding hydrogens is 498 g/mol. The van der Waals surface area contributed by atoms with Gasteiger partial charge in [0.2, 0.25) is 0 Å². The molecule has 0 radical (unpaired) electrons. The third kappa shape index (κ3) is 3.48. The van der Waals surface area contributed by atoms with Gasteiger partial charge in [0, 0.05) is 66.6 Å². The monoisotopic (exact) mass is 535 g/mol. The van der Waals surface area contributed by atoms with Crippen LogP contribution in [-0.4, -0.2) is 24.7 Å². The molecule has 6 heteroatoms. The first-order chi connectivity index (χ1) is 18.9. The van der Waals surface area contributed by atoms with E-state index in [9.17, 15) is 10.1 Å². The van der Waals surface area contributed by atoms with Gasteiger partial charge in [-0.05, 0) is 56.2 Å². The van der Waals surface area contributed by atoms with E-state index in [2.05, 4.69) is 119 Å². The van der Waals surface area contributed by atoms with Crippen molar-refractivity contribution in [1.29, 1.82) is 0 Å². The van der Waals surface area contributed by atoms with E-state index in [4.69, 9.17) is 4.74 Å². The van der Waals surface area contributed by atoms with Gasteiger partial charge in [-0.3, -0.25) is 10.1 Å². The fourth-order valence-electron chi connectivity index (χ4n) is 7.37. The van der Waals surface area contributed by atoms with Crippen LogP contribution in [0.2, 0.25) is 0 Å². The number of benzene rings is 3. The van der Waals surface area contributed by atoms with Gasteiger partial charge in [0.1, 0.15) is 5.75 Å². The van der Waals surface area contributed by atoms with Crippen molar-refractivity contribution in [2.75, 3.05) is 23.9 Å². The van der Waals surface area contributed by atoms with E-state index in [0.717, 1.165) is 16.8 Å². The molecule has 3 aliphatic rings. The van der Waals surface area contributed by atoms with Crippen LogP contribution < -0.4 is 14.5 Å². The van der Waals surface area contributed by atoms with Crippen molar-refractivity contribution in [1.82, 2.24) is 0 Å². The lowest BCUT2D eigenvalue weighted by Gasteiger charge is -2.51. The Morgan fingerprint density at radius 1 is 0.975 bits per heavy atom. The highest BCUT2D eigenvalue weighted by Crippen LogP contribution is 2.59. The van der Waals surface area contributed by atoms with E-state index in [0.29, 0.717) is 12.2 Å². The maximum Gasteiger partial charge on any atom is 0.269 e. The van der Waals surface area contributed by atoms with Crippen molar-refractivity contribution in [2.24, 2.45) is 0 Å². The minimum Gasteiger partial charge on any atom is -0.467 e. The molecule has 0 amide bonds. The molecule has 0 N–H and O–H groups in total. The van der Waals surface area contributed by atoms with Crippen molar-refractivity contribution in [2.45, 2.75) is 63.5 Å². The maximum absolute atomic E-state index is 11.8. The van der Waals surface area contributed by atoms with E-state index in [1.165, 1.54) is 22.5 Å². The SMILES string of the molecule is C/C(=C\C=C1\N(C)c2ccccc2C1(C)C)C1CC2(Oc3ccc([N+](=O)[O-])cc31)N(C)c1ccccc1C2(C)C. The van der Waals surface area contributed by atoms with Crippen molar-refractivity contribution < 1.29 is 9.66 Å². The molecular formula is C34H37N3O3. The topological polar surface area (TPSA) is 58.9 Å². The molecule has 0 aliphatic carbocycles. The Morgan fingerprint density at radius 2 is 1.62 bits per heavy atom. The Kier molecular flexibility index (Phi) is 5.71. The average Bonchev–Trinajstić information content (AvgIpc) is 3.23. The molecule has 0 aromatic heterocycles. The Morgan fingerprint density at radius 3 is 2.27 bits per heavy atom. The molecule has 2 atom stereocenters. The second-order valence-electron chi connectivity index (χ2n) is 12.5. The zero-order chi connectivity index (χ0) is 28.6. The Labute approximate surface area is 236 Å². The normalized spacial score (nSPS) is 25.0. The molecule has 3 aromatic carbocycles. The number of allylic oxidation sites excluding steroid dienone is 4. The van der Waals surface area contributed by atoms with Crippen molar-refractivity contribution in [3.63, 3.8) is 0 Å². The molecule has 206 valence electrons. The summed E-state index contributed by atoms with van der Waals surface area (Å²) in [5.74, 6) is 0.648. The van der Waals surface area contributed by atoms with Crippen molar-refractivity contribution in [3.05, 3.63) is 117 Å². The largest absolute Gasteiger partial charge is 0.467 e. The highest BCUT2D eigenvalue weighted by Gasteiger charge is 2.60. The summed E-state index contributed by atoms with van der Waals surface area (Å²) in [6.07, 6.45) is 5.11. The lowest BCUT2D eigenvalue weighted by Crippen LogP contribution is -2.61. The first kappa shape index (κ1) is 26.2. The minimum absolute atomic E-state index is 0.0614. The number of ether oxygens (including phenoxy) is 1. The first-order valence-electron chi connectivity index (χ1n) is 13.9. The molecule has 1 spiro atoms. The maximum atomic E-state index is 11.8. The number of hydrogen-bond acceptors (Lipinski definition) is 5. The van der Waals surface area contributed by atoms with Crippen LogP contribution in [0.15, 0.2) is 90.2 Å². The summed E-state index contributed by atoms with van der Waals surface area (Å²) in [4.78, 5) is 16.0. The summed E-state index contributed by atoms with van der Waals surface area (Å²) in [7, 11) is 4.23. The number of likely N-dealkylation sites (N-methyl/N-ethyl adjacent to an activating group) is 2. The third-order valence-electron chi connectivity index (χ3n) is 9.79. The molecule has 0 saturated heterocycles. The molecule has 0 fully saturated rings. The number of fused-ring (bicyclic) bond motifs is 3. The molecule has 40 heavy (non-hydrogen) atoms. The fourth-order valence-corrected chi connectivity index (χ4v) is 7.37. The average molecular weight is 536 g/mol. The lowest BCUT2D eigenvalue weighted by molar-refractivity contribution is -0.385. The molecule has 0 bridgehead atoms. The van der Waals surface area contributed by atoms with Crippen molar-refractivity contribution in [3.8, 4) is 5.75 Å². The van der Waals surface area contributed by atoms with E-state index >= 15 is 0 Å². The quantitative estimate of drug-likeness (QED) is 0.253. The van der Waals surface area contributed by atoms with Crippen LogP contribution in [0.4, 0.5) is 17.1 Å². The molecule has 6 nitrogen and oxygen atoms in total. The second-order valence-corrected chi connectivity index (χ2v) is 12.5. The van der Waals surface area contributed by atoms with Gasteiger partial charge < -0.3 is 14.5 Å². The number of nitrogens with zero attached hydrogens (tertiary/aromatic N) is 3. The van der Waals surface area contributed by atoms with Gasteiger partial charge >= 0.3 is 0 Å². The van der Waals surface area contributed by atoms with E-state index in [1.807, 2.05) is 0 Å². The van der Waals surface area contributed by atoms with Gasteiger partial charge in [0.05, 0.1) is 10.3 Å². The summed E-state index contributed by atoms with van der Waals surface area (Å²) in [5.41, 5.74) is 7.18. The summed E-state index contributed by atoms with van der Waals surface area (Å²) in [5, 5.41) is 11.8. The minimum atomic E-state index is -0.646. The summed E-state index contributed by atoms with van der Waals surface area (Å²) >= 11 is 0. The predicted molar refractivity (Wildman–Crippen MR) is 161 cm³/mol. The summed E-state index contributed by atoms with van der Waals surface area (Å²) in [6.45, 7) is 11.2. The highest BCUT2D eigenvalue weighted by atomic mass is 16.6. The predicted octanol–water partition coefficient (Wildman–Crippen LogP) is 7.84. The number of rotatable bonds is 3. The number of nitro benzene ring substituents is 1. The number of hydrogen-bond donors (Lipinski definition) is 0. The van der Waals surface area contributed by atoms with Crippen LogP contribution in [0.3, 0.4) is 0 Å². The zero-order valence-corrected chi connectivity index (χ0v) is 24.4. The van der Waals surface area contributed by atoms with Crippen LogP contribution in [-0.2, 0) is 10.8 Å². The molecule has 3 heterocycles. The molecule has 3 aromatic rings. The van der Waals surface area contributed by atoms with E-state index in [1.54, 1.807) is 18.2 Å². The van der Waals surface area contributed by atoms with Gasteiger partial charge in [-0.2, -0.15) is 0 Å². The third-order valence-corrected chi connectivity index (χ3v) is 9.79. The van der Waals surface area contributed by atoms with Crippen LogP contribution in [0.5, 0.6) is 5.75 Å². The molecule has 0 saturated carbocycles. The van der Waals surface area contributed by atoms with E-state index < -0.39 is 5.72 Å². The Balaban J connectivity index is 1.47. The lowest BCUT2D eigenvalue weighted by atomic mass is 9.70. The summed E-state index contributed by atoms with van der Waals surface area (Å²) < 4.78 is 6.93. The number of anilines is 2. The van der Waals surface area contributed by atoms with Crippen molar-refractivity contribution >= 4 is 17.1 Å². The second kappa shape index (κ2) is 8.72. The Bertz CT molecular complexity index is 1600. The van der Waals surface area contributed by atoms with Gasteiger partial charge in [-0.1, -0.05) is 61.9 Å². The number of para-hydroxylation sites is 2. The van der Waals surface area contributed by atoms with Gasteiger partial charge in [0.15, 0.2) is 5.72 Å². The van der Waals surface area contributed by atoms with Gasteiger partial charge in [0.25, 0.3) is 5.69 Å². The molecule has 2 unspecified atom stereocenters. The smallest absolute Gasteiger partial charge is 0.269 e. The van der Waals surface area contributed by atoms with Gasteiger partial charge in [-0.15, -0.1) is 0 Å². The number of non-ortho nitro benzene ring substituents is 1. The van der Waals surface area contributed by atoms with E-state index in [-0.39, 0.29) is 27.4 Å². The first-order valence-corrected chi connectivity index (χ1v) is 13.9. The van der Waals surface area contributed by atoms with Gasteiger partial charge in [-0.25, -0.2) is 0 Å². The molecule has 3 aliphatic heterocycles.